The van der Waals surface area contributed by atoms with E-state index in [0.29, 0.717) is 28.3 Å². The lowest BCUT2D eigenvalue weighted by molar-refractivity contribution is 0.0545. The van der Waals surface area contributed by atoms with Crippen LogP contribution in [0.15, 0.2) is 42.5 Å². The number of carbonyl (C=O) groups is 2. The largest absolute Gasteiger partial charge is 0.497 e. The Kier molecular flexibility index (Phi) is 6.16. The minimum absolute atomic E-state index is 0.423. The standard InChI is InChI=1S/C24H29N3O5/c1-23(2,3)31-21(28)25-16-10-13-18-19(14-16)27(22(29)32-24(4,5)6)20(26-18)15-8-11-17(30-7)12-9-15/h8-14H,1-7H3,(H,25,28). The first-order chi connectivity index (χ1) is 14.9. The smallest absolute Gasteiger partial charge is 0.420 e. The van der Waals surface area contributed by atoms with E-state index in [0.717, 1.165) is 5.56 Å². The number of ether oxygens (including phenoxy) is 3. The quantitative estimate of drug-likeness (QED) is 0.551. The van der Waals surface area contributed by atoms with Gasteiger partial charge in [0, 0.05) is 11.3 Å². The van der Waals surface area contributed by atoms with Gasteiger partial charge < -0.3 is 14.2 Å². The Hall–Kier alpha value is -3.55. The van der Waals surface area contributed by atoms with E-state index in [1.54, 1.807) is 79.0 Å². The van der Waals surface area contributed by atoms with E-state index in [4.69, 9.17) is 14.2 Å². The molecule has 2 aromatic carbocycles. The molecule has 0 spiro atoms. The van der Waals surface area contributed by atoms with Crippen molar-refractivity contribution in [3.8, 4) is 17.1 Å². The Labute approximate surface area is 187 Å². The van der Waals surface area contributed by atoms with Crippen LogP contribution in [0, 0.1) is 0 Å². The van der Waals surface area contributed by atoms with Crippen molar-refractivity contribution >= 4 is 28.9 Å². The van der Waals surface area contributed by atoms with Crippen LogP contribution in [0.3, 0.4) is 0 Å². The van der Waals surface area contributed by atoms with Crippen molar-refractivity contribution in [3.05, 3.63) is 42.5 Å². The highest BCUT2D eigenvalue weighted by Gasteiger charge is 2.24. The topological polar surface area (TPSA) is 91.7 Å². The van der Waals surface area contributed by atoms with Gasteiger partial charge in [-0.2, -0.15) is 0 Å². The van der Waals surface area contributed by atoms with Gasteiger partial charge in [-0.05, 0) is 84.0 Å². The molecular formula is C24H29N3O5. The van der Waals surface area contributed by atoms with Crippen LogP contribution >= 0.6 is 0 Å². The SMILES string of the molecule is COc1ccc(-c2nc3ccc(NC(=O)OC(C)(C)C)cc3n2C(=O)OC(C)(C)C)cc1. The molecule has 0 bridgehead atoms. The molecule has 170 valence electrons. The van der Waals surface area contributed by atoms with Crippen molar-refractivity contribution in [1.29, 1.82) is 0 Å². The van der Waals surface area contributed by atoms with Crippen molar-refractivity contribution in [2.45, 2.75) is 52.7 Å². The van der Waals surface area contributed by atoms with Gasteiger partial charge in [-0.3, -0.25) is 5.32 Å². The van der Waals surface area contributed by atoms with Crippen molar-refractivity contribution < 1.29 is 23.8 Å². The van der Waals surface area contributed by atoms with Crippen molar-refractivity contribution in [3.63, 3.8) is 0 Å². The van der Waals surface area contributed by atoms with Gasteiger partial charge >= 0.3 is 12.2 Å². The Morgan fingerprint density at radius 2 is 1.53 bits per heavy atom. The molecule has 0 radical (unpaired) electrons. The van der Waals surface area contributed by atoms with Gasteiger partial charge in [-0.15, -0.1) is 0 Å². The maximum atomic E-state index is 13.1. The lowest BCUT2D eigenvalue weighted by Crippen LogP contribution is -2.28. The zero-order valence-corrected chi connectivity index (χ0v) is 19.5. The van der Waals surface area contributed by atoms with Gasteiger partial charge in [0.2, 0.25) is 0 Å². The zero-order chi connectivity index (χ0) is 23.7. The van der Waals surface area contributed by atoms with E-state index in [1.807, 2.05) is 12.1 Å². The molecule has 1 heterocycles. The number of aromatic nitrogens is 2. The highest BCUT2D eigenvalue weighted by Crippen LogP contribution is 2.29. The normalized spacial score (nSPS) is 11.8. The third-order valence-corrected chi connectivity index (χ3v) is 4.22. The molecule has 0 fully saturated rings. The number of imidazole rings is 1. The van der Waals surface area contributed by atoms with E-state index in [1.165, 1.54) is 4.57 Å². The van der Waals surface area contributed by atoms with Gasteiger partial charge in [0.15, 0.2) is 5.82 Å². The zero-order valence-electron chi connectivity index (χ0n) is 19.5. The highest BCUT2D eigenvalue weighted by atomic mass is 16.6. The van der Waals surface area contributed by atoms with E-state index >= 15 is 0 Å². The molecule has 0 unspecified atom stereocenters. The third kappa shape index (κ3) is 5.57. The summed E-state index contributed by atoms with van der Waals surface area (Å²) in [5.41, 5.74) is 0.938. The van der Waals surface area contributed by atoms with Crippen LogP contribution in [0.1, 0.15) is 41.5 Å². The molecule has 3 aromatic rings. The summed E-state index contributed by atoms with van der Waals surface area (Å²) in [6.45, 7) is 10.8. The maximum absolute atomic E-state index is 13.1. The second kappa shape index (κ2) is 8.53. The number of hydrogen-bond acceptors (Lipinski definition) is 6. The van der Waals surface area contributed by atoms with Crippen LogP contribution in [0.4, 0.5) is 15.3 Å². The van der Waals surface area contributed by atoms with E-state index in [-0.39, 0.29) is 0 Å². The van der Waals surface area contributed by atoms with Gasteiger partial charge in [-0.25, -0.2) is 19.1 Å². The summed E-state index contributed by atoms with van der Waals surface area (Å²) in [6.07, 6.45) is -1.16. The summed E-state index contributed by atoms with van der Waals surface area (Å²) in [6, 6.07) is 12.3. The third-order valence-electron chi connectivity index (χ3n) is 4.22. The minimum atomic E-state index is -0.697. The fourth-order valence-corrected chi connectivity index (χ4v) is 3.00. The fourth-order valence-electron chi connectivity index (χ4n) is 3.00. The fraction of sp³-hybridized carbons (Fsp3) is 0.375. The summed E-state index contributed by atoms with van der Waals surface area (Å²) < 4.78 is 17.6. The van der Waals surface area contributed by atoms with Crippen LogP contribution in [0.2, 0.25) is 0 Å². The summed E-state index contributed by atoms with van der Waals surface area (Å²) in [5.74, 6) is 1.11. The molecule has 0 aliphatic rings. The van der Waals surface area contributed by atoms with Crippen LogP contribution in [-0.4, -0.2) is 40.0 Å². The number of rotatable bonds is 3. The monoisotopic (exact) mass is 439 g/mol. The predicted molar refractivity (Wildman–Crippen MR) is 123 cm³/mol. The number of carbonyl (C=O) groups excluding carboxylic acids is 2. The first-order valence-electron chi connectivity index (χ1n) is 10.3. The average molecular weight is 440 g/mol. The first kappa shape index (κ1) is 23.1. The highest BCUT2D eigenvalue weighted by molar-refractivity contribution is 5.95. The molecule has 32 heavy (non-hydrogen) atoms. The summed E-state index contributed by atoms with van der Waals surface area (Å²) in [5, 5.41) is 2.70. The number of nitrogens with one attached hydrogen (secondary N) is 1. The lowest BCUT2D eigenvalue weighted by Gasteiger charge is -2.21. The number of anilines is 1. The van der Waals surface area contributed by atoms with Crippen LogP contribution in [0.5, 0.6) is 5.75 Å². The number of fused-ring (bicyclic) bond motifs is 1. The van der Waals surface area contributed by atoms with Crippen molar-refractivity contribution in [2.24, 2.45) is 0 Å². The van der Waals surface area contributed by atoms with Gasteiger partial charge in [-0.1, -0.05) is 0 Å². The average Bonchev–Trinajstić information content (AvgIpc) is 3.04. The molecule has 8 heteroatoms. The van der Waals surface area contributed by atoms with Crippen molar-refractivity contribution in [2.75, 3.05) is 12.4 Å². The summed E-state index contributed by atoms with van der Waals surface area (Å²) in [4.78, 5) is 30.0. The summed E-state index contributed by atoms with van der Waals surface area (Å²) in [7, 11) is 1.59. The molecule has 8 nitrogen and oxygen atoms in total. The van der Waals surface area contributed by atoms with Gasteiger partial charge in [0.1, 0.15) is 17.0 Å². The van der Waals surface area contributed by atoms with Crippen LogP contribution in [0.25, 0.3) is 22.4 Å². The molecule has 1 amide bonds. The molecular weight excluding hydrogens is 410 g/mol. The molecule has 3 rings (SSSR count). The van der Waals surface area contributed by atoms with E-state index in [2.05, 4.69) is 10.3 Å². The van der Waals surface area contributed by atoms with E-state index in [9.17, 15) is 9.59 Å². The van der Waals surface area contributed by atoms with E-state index < -0.39 is 23.4 Å². The maximum Gasteiger partial charge on any atom is 0.420 e. The Morgan fingerprint density at radius 3 is 2.09 bits per heavy atom. The molecule has 0 saturated carbocycles. The Morgan fingerprint density at radius 1 is 0.906 bits per heavy atom. The molecule has 0 aliphatic carbocycles. The van der Waals surface area contributed by atoms with Gasteiger partial charge in [0.05, 0.1) is 18.1 Å². The number of amides is 1. The number of methoxy groups -OCH3 is 1. The molecule has 1 aromatic heterocycles. The molecule has 1 N–H and O–H groups in total. The number of hydrogen-bond donors (Lipinski definition) is 1. The molecule has 0 atom stereocenters. The minimum Gasteiger partial charge on any atom is -0.497 e. The Bertz CT molecular complexity index is 1140. The second-order valence-electron chi connectivity index (χ2n) is 9.31. The molecule has 0 aliphatic heterocycles. The van der Waals surface area contributed by atoms with Gasteiger partial charge in [0.25, 0.3) is 0 Å². The Balaban J connectivity index is 2.08. The van der Waals surface area contributed by atoms with Crippen LogP contribution < -0.4 is 10.1 Å². The molecule has 0 saturated heterocycles. The van der Waals surface area contributed by atoms with Crippen LogP contribution in [-0.2, 0) is 9.47 Å². The van der Waals surface area contributed by atoms with Crippen molar-refractivity contribution in [1.82, 2.24) is 9.55 Å². The number of nitrogens with zero attached hydrogens (tertiary/aromatic N) is 2. The lowest BCUT2D eigenvalue weighted by atomic mass is 10.2. The second-order valence-corrected chi connectivity index (χ2v) is 9.31. The predicted octanol–water partition coefficient (Wildman–Crippen LogP) is 5.84. The number of benzene rings is 2. The summed E-state index contributed by atoms with van der Waals surface area (Å²) >= 11 is 0. The first-order valence-corrected chi connectivity index (χ1v) is 10.3.